The van der Waals surface area contributed by atoms with Crippen LogP contribution in [-0.4, -0.2) is 32.5 Å². The van der Waals surface area contributed by atoms with Crippen molar-refractivity contribution in [3.05, 3.63) is 66.4 Å². The van der Waals surface area contributed by atoms with E-state index in [1.165, 1.54) is 12.1 Å². The van der Waals surface area contributed by atoms with Crippen LogP contribution >= 0.6 is 0 Å². The Bertz CT molecular complexity index is 1080. The summed E-state index contributed by atoms with van der Waals surface area (Å²) in [6.07, 6.45) is 1.61. The molecule has 0 bridgehead atoms. The summed E-state index contributed by atoms with van der Waals surface area (Å²) in [5.74, 6) is 0.102. The van der Waals surface area contributed by atoms with Crippen LogP contribution in [0.3, 0.4) is 0 Å². The number of fused-ring (bicyclic) bond motifs is 1. The van der Waals surface area contributed by atoms with Crippen LogP contribution in [-0.2, 0) is 26.2 Å². The standard InChI is InChI=1S/C21H22N2O5S/c1-2-27-18-8-10-19(11-9-18)29(25,26)23-14-12-20(24)28-15-17-6-3-5-16-7-4-13-22-21(16)17/h3-11,13,23H,2,12,14-15H2,1H3. The lowest BCUT2D eigenvalue weighted by atomic mass is 10.1. The fraction of sp³-hybridized carbons (Fsp3) is 0.238. The maximum Gasteiger partial charge on any atom is 0.307 e. The zero-order valence-corrected chi connectivity index (χ0v) is 16.8. The molecule has 0 fully saturated rings. The molecule has 3 aromatic rings. The van der Waals surface area contributed by atoms with Gasteiger partial charge in [0, 0.05) is 23.7 Å². The molecule has 0 atom stereocenters. The number of nitrogens with one attached hydrogen (secondary N) is 1. The highest BCUT2D eigenvalue weighted by Gasteiger charge is 2.15. The third-order valence-electron chi connectivity index (χ3n) is 4.17. The first-order valence-corrected chi connectivity index (χ1v) is 10.7. The van der Waals surface area contributed by atoms with Crippen molar-refractivity contribution < 1.29 is 22.7 Å². The summed E-state index contributed by atoms with van der Waals surface area (Å²) < 4.78 is 37.6. The predicted octanol–water partition coefficient (Wildman–Crippen LogP) is 3.05. The molecule has 1 N–H and O–H groups in total. The van der Waals surface area contributed by atoms with E-state index in [2.05, 4.69) is 9.71 Å². The third-order valence-corrected chi connectivity index (χ3v) is 5.65. The van der Waals surface area contributed by atoms with Crippen molar-refractivity contribution in [1.82, 2.24) is 9.71 Å². The SMILES string of the molecule is CCOc1ccc(S(=O)(=O)NCCC(=O)OCc2cccc3cccnc23)cc1. The van der Waals surface area contributed by atoms with Gasteiger partial charge in [0.15, 0.2) is 0 Å². The normalized spacial score (nSPS) is 11.3. The molecule has 152 valence electrons. The van der Waals surface area contributed by atoms with Gasteiger partial charge < -0.3 is 9.47 Å². The highest BCUT2D eigenvalue weighted by Crippen LogP contribution is 2.17. The molecule has 0 amide bonds. The van der Waals surface area contributed by atoms with E-state index in [0.29, 0.717) is 12.4 Å². The average molecular weight is 414 g/mol. The number of para-hydroxylation sites is 1. The van der Waals surface area contributed by atoms with Gasteiger partial charge >= 0.3 is 5.97 Å². The molecule has 1 heterocycles. The molecule has 7 nitrogen and oxygen atoms in total. The predicted molar refractivity (Wildman–Crippen MR) is 109 cm³/mol. The van der Waals surface area contributed by atoms with E-state index in [9.17, 15) is 13.2 Å². The Morgan fingerprint density at radius 3 is 2.59 bits per heavy atom. The van der Waals surface area contributed by atoms with Gasteiger partial charge in [-0.05, 0) is 37.3 Å². The summed E-state index contributed by atoms with van der Waals surface area (Å²) >= 11 is 0. The number of carbonyl (C=O) groups excluding carboxylic acids is 1. The van der Waals surface area contributed by atoms with Crippen molar-refractivity contribution in [2.45, 2.75) is 24.8 Å². The number of carbonyl (C=O) groups is 1. The number of hydrogen-bond acceptors (Lipinski definition) is 6. The number of sulfonamides is 1. The molecule has 0 aliphatic carbocycles. The quantitative estimate of drug-likeness (QED) is 0.541. The number of aromatic nitrogens is 1. The molecule has 2 aromatic carbocycles. The number of rotatable bonds is 9. The monoisotopic (exact) mass is 414 g/mol. The maximum absolute atomic E-state index is 12.3. The number of ether oxygens (including phenoxy) is 2. The Morgan fingerprint density at radius 2 is 1.83 bits per heavy atom. The second kappa shape index (κ2) is 9.49. The van der Waals surface area contributed by atoms with E-state index >= 15 is 0 Å². The molecule has 0 saturated heterocycles. The summed E-state index contributed by atoms with van der Waals surface area (Å²) in [7, 11) is -3.71. The van der Waals surface area contributed by atoms with Crippen LogP contribution < -0.4 is 9.46 Å². The first-order valence-electron chi connectivity index (χ1n) is 9.20. The molecule has 3 rings (SSSR count). The lowest BCUT2D eigenvalue weighted by Gasteiger charge is -2.09. The number of pyridine rings is 1. The third kappa shape index (κ3) is 5.52. The zero-order chi connectivity index (χ0) is 20.7. The molecule has 0 saturated carbocycles. The van der Waals surface area contributed by atoms with E-state index in [1.54, 1.807) is 18.3 Å². The Morgan fingerprint density at radius 1 is 1.07 bits per heavy atom. The summed E-state index contributed by atoms with van der Waals surface area (Å²) in [5.41, 5.74) is 1.57. The smallest absolute Gasteiger partial charge is 0.307 e. The van der Waals surface area contributed by atoms with Crippen LogP contribution in [0.5, 0.6) is 5.75 Å². The minimum atomic E-state index is -3.71. The summed E-state index contributed by atoms with van der Waals surface area (Å²) in [4.78, 5) is 16.4. The van der Waals surface area contributed by atoms with E-state index in [-0.39, 0.29) is 24.5 Å². The van der Waals surface area contributed by atoms with Gasteiger partial charge in [-0.3, -0.25) is 9.78 Å². The minimum Gasteiger partial charge on any atom is -0.494 e. The molecule has 0 unspecified atom stereocenters. The van der Waals surface area contributed by atoms with E-state index in [4.69, 9.17) is 9.47 Å². The molecular weight excluding hydrogens is 392 g/mol. The van der Waals surface area contributed by atoms with E-state index in [0.717, 1.165) is 16.5 Å². The Balaban J connectivity index is 1.50. The van der Waals surface area contributed by atoms with Gasteiger partial charge in [-0.2, -0.15) is 0 Å². The van der Waals surface area contributed by atoms with Crippen LogP contribution in [0, 0.1) is 0 Å². The molecule has 0 aliphatic heterocycles. The highest BCUT2D eigenvalue weighted by molar-refractivity contribution is 7.89. The van der Waals surface area contributed by atoms with E-state index < -0.39 is 16.0 Å². The van der Waals surface area contributed by atoms with Crippen molar-refractivity contribution in [1.29, 1.82) is 0 Å². The molecule has 0 spiro atoms. The lowest BCUT2D eigenvalue weighted by Crippen LogP contribution is -2.26. The Labute approximate surface area is 169 Å². The van der Waals surface area contributed by atoms with Crippen molar-refractivity contribution in [3.8, 4) is 5.75 Å². The second-order valence-corrected chi connectivity index (χ2v) is 7.97. The molecule has 0 aliphatic rings. The first-order chi connectivity index (χ1) is 14.0. The average Bonchev–Trinajstić information content (AvgIpc) is 2.73. The van der Waals surface area contributed by atoms with Crippen molar-refractivity contribution in [2.24, 2.45) is 0 Å². The summed E-state index contributed by atoms with van der Waals surface area (Å²) in [6, 6.07) is 15.5. The van der Waals surface area contributed by atoms with Crippen LogP contribution in [0.2, 0.25) is 0 Å². The van der Waals surface area contributed by atoms with Gasteiger partial charge in [-0.1, -0.05) is 24.3 Å². The topological polar surface area (TPSA) is 94.6 Å². The van der Waals surface area contributed by atoms with Crippen LogP contribution in [0.25, 0.3) is 10.9 Å². The Hall–Kier alpha value is -2.97. The van der Waals surface area contributed by atoms with Crippen molar-refractivity contribution >= 4 is 26.9 Å². The van der Waals surface area contributed by atoms with Gasteiger partial charge in [0.2, 0.25) is 10.0 Å². The number of nitrogens with zero attached hydrogens (tertiary/aromatic N) is 1. The van der Waals surface area contributed by atoms with Gasteiger partial charge in [0.25, 0.3) is 0 Å². The summed E-state index contributed by atoms with van der Waals surface area (Å²) in [6.45, 7) is 2.38. The maximum atomic E-state index is 12.3. The molecule has 0 radical (unpaired) electrons. The molecule has 8 heteroatoms. The number of hydrogen-bond donors (Lipinski definition) is 1. The van der Waals surface area contributed by atoms with Crippen molar-refractivity contribution in [2.75, 3.05) is 13.2 Å². The zero-order valence-electron chi connectivity index (χ0n) is 16.0. The van der Waals surface area contributed by atoms with Crippen LogP contribution in [0.1, 0.15) is 18.9 Å². The van der Waals surface area contributed by atoms with Gasteiger partial charge in [-0.25, -0.2) is 13.1 Å². The highest BCUT2D eigenvalue weighted by atomic mass is 32.2. The molecule has 29 heavy (non-hydrogen) atoms. The lowest BCUT2D eigenvalue weighted by molar-refractivity contribution is -0.144. The number of esters is 1. The fourth-order valence-electron chi connectivity index (χ4n) is 2.77. The first kappa shape index (κ1) is 20.8. The van der Waals surface area contributed by atoms with Crippen LogP contribution in [0.15, 0.2) is 65.7 Å². The number of benzene rings is 2. The largest absolute Gasteiger partial charge is 0.494 e. The molecule has 1 aromatic heterocycles. The van der Waals surface area contributed by atoms with Crippen molar-refractivity contribution in [3.63, 3.8) is 0 Å². The second-order valence-electron chi connectivity index (χ2n) is 6.21. The van der Waals surface area contributed by atoms with Crippen LogP contribution in [0.4, 0.5) is 0 Å². The Kier molecular flexibility index (Phi) is 6.79. The summed E-state index contributed by atoms with van der Waals surface area (Å²) in [5, 5.41) is 0.962. The van der Waals surface area contributed by atoms with E-state index in [1.807, 2.05) is 37.3 Å². The molecular formula is C21H22N2O5S. The fourth-order valence-corrected chi connectivity index (χ4v) is 3.80. The van der Waals surface area contributed by atoms with Gasteiger partial charge in [0.05, 0.1) is 23.4 Å². The van der Waals surface area contributed by atoms with Gasteiger partial charge in [0.1, 0.15) is 12.4 Å². The minimum absolute atomic E-state index is 0.0534. The van der Waals surface area contributed by atoms with Gasteiger partial charge in [-0.15, -0.1) is 0 Å².